The molecule has 0 saturated heterocycles. The third kappa shape index (κ3) is 7.60. The minimum Gasteiger partial charge on any atom is -0.494 e. The minimum atomic E-state index is -4.00. The molecule has 2 fully saturated rings. The van der Waals surface area contributed by atoms with Crippen molar-refractivity contribution < 1.29 is 37.0 Å². The van der Waals surface area contributed by atoms with Crippen LogP contribution in [0.1, 0.15) is 79.2 Å². The monoisotopic (exact) mass is 565 g/mol. The van der Waals surface area contributed by atoms with Crippen LogP contribution in [0.25, 0.3) is 0 Å². The van der Waals surface area contributed by atoms with E-state index in [2.05, 4.69) is 4.72 Å². The zero-order valence-electron chi connectivity index (χ0n) is 24.0. The van der Waals surface area contributed by atoms with Crippen LogP contribution in [0.5, 0.6) is 5.75 Å². The normalized spacial score (nSPS) is 22.9. The molecule has 0 aromatic heterocycles. The van der Waals surface area contributed by atoms with Crippen molar-refractivity contribution in [2.24, 2.45) is 16.7 Å². The van der Waals surface area contributed by atoms with Crippen molar-refractivity contribution in [2.75, 3.05) is 19.0 Å². The zero-order chi connectivity index (χ0) is 29.1. The first-order valence-electron chi connectivity index (χ1n) is 13.7. The van der Waals surface area contributed by atoms with Gasteiger partial charge in [0.1, 0.15) is 23.2 Å². The molecule has 0 amide bonds. The molecule has 3 atom stereocenters. The van der Waals surface area contributed by atoms with Crippen molar-refractivity contribution in [3.8, 4) is 5.75 Å². The maximum absolute atomic E-state index is 13.4. The van der Waals surface area contributed by atoms with Crippen LogP contribution in [0, 0.1) is 16.7 Å². The summed E-state index contributed by atoms with van der Waals surface area (Å²) in [7, 11) is -4.00. The number of hydrogen-bond acceptors (Lipinski definition) is 8. The third-order valence-corrected chi connectivity index (χ3v) is 9.57. The smallest absolute Gasteiger partial charge is 0.325 e. The van der Waals surface area contributed by atoms with E-state index < -0.39 is 38.5 Å². The summed E-state index contributed by atoms with van der Waals surface area (Å²) in [5.74, 6) is -0.493. The molecule has 218 valence electrons. The quantitative estimate of drug-likeness (QED) is 0.281. The van der Waals surface area contributed by atoms with Crippen molar-refractivity contribution in [3.05, 3.63) is 29.8 Å². The molecule has 1 N–H and O–H groups in total. The second-order valence-corrected chi connectivity index (χ2v) is 14.0. The molecule has 39 heavy (non-hydrogen) atoms. The molecular weight excluding hydrogens is 522 g/mol. The van der Waals surface area contributed by atoms with Gasteiger partial charge in [0.2, 0.25) is 10.0 Å². The highest BCUT2D eigenvalue weighted by atomic mass is 32.2. The Kier molecular flexibility index (Phi) is 9.53. The molecular formula is C29H43NO8S. The Morgan fingerprint density at radius 2 is 1.82 bits per heavy atom. The van der Waals surface area contributed by atoms with E-state index in [1.54, 1.807) is 52.0 Å². The number of nitrogens with one attached hydrogen (secondary N) is 1. The molecule has 0 heterocycles. The molecule has 2 aliphatic rings. The topological polar surface area (TPSA) is 125 Å². The number of esters is 2. The number of benzene rings is 1. The van der Waals surface area contributed by atoms with Crippen LogP contribution in [0.4, 0.5) is 0 Å². The molecule has 1 aromatic rings. The van der Waals surface area contributed by atoms with E-state index in [0.717, 1.165) is 6.42 Å². The first-order valence-corrected chi connectivity index (χ1v) is 15.4. The van der Waals surface area contributed by atoms with E-state index in [1.165, 1.54) is 0 Å². The first kappa shape index (κ1) is 31.1. The molecule has 1 aromatic carbocycles. The number of hydrogen-bond donors (Lipinski definition) is 1. The van der Waals surface area contributed by atoms with Crippen LogP contribution in [0.15, 0.2) is 24.3 Å². The van der Waals surface area contributed by atoms with Crippen LogP contribution >= 0.6 is 0 Å². The Labute approximate surface area is 232 Å². The summed E-state index contributed by atoms with van der Waals surface area (Å²) in [5.41, 5.74) is -1.44. The summed E-state index contributed by atoms with van der Waals surface area (Å²) in [6, 6.07) is 5.83. The van der Waals surface area contributed by atoms with E-state index in [1.807, 2.05) is 13.8 Å². The summed E-state index contributed by atoms with van der Waals surface area (Å²) in [6.45, 7) is 11.6. The van der Waals surface area contributed by atoms with E-state index >= 15 is 0 Å². The Hall–Kier alpha value is -2.46. The summed E-state index contributed by atoms with van der Waals surface area (Å²) < 4.78 is 45.6. The Balaban J connectivity index is 1.69. The molecule has 9 nitrogen and oxygen atoms in total. The first-order chi connectivity index (χ1) is 18.1. The molecule has 0 radical (unpaired) electrons. The van der Waals surface area contributed by atoms with E-state index in [0.29, 0.717) is 43.8 Å². The Bertz CT molecular complexity index is 1150. The van der Waals surface area contributed by atoms with Crippen LogP contribution in [0.2, 0.25) is 0 Å². The van der Waals surface area contributed by atoms with Gasteiger partial charge in [-0.15, -0.1) is 0 Å². The molecule has 2 saturated carbocycles. The number of rotatable bonds is 13. The van der Waals surface area contributed by atoms with Crippen LogP contribution in [0.3, 0.4) is 0 Å². The molecule has 0 aliphatic heterocycles. The Morgan fingerprint density at radius 1 is 1.15 bits per heavy atom. The second kappa shape index (κ2) is 12.0. The summed E-state index contributed by atoms with van der Waals surface area (Å²) in [6.07, 6.45) is 2.66. The molecule has 2 bridgehead atoms. The standard InChI is InChI=1S/C29H43NO8S/c1-7-36-25(32)9-8-16-37-22-12-10-20(11-13-22)17-23(26(33)38-27(2,3)4)30-39(34,35)19-29-15-14-21(18-24(29)31)28(29,5)6/h10-13,21,23,30H,7-9,14-19H2,1-6H3/t21?,23-,29+/m0/s1. The Morgan fingerprint density at radius 3 is 2.36 bits per heavy atom. The van der Waals surface area contributed by atoms with Crippen LogP contribution in [-0.4, -0.2) is 56.7 Å². The van der Waals surface area contributed by atoms with Gasteiger partial charge in [-0.05, 0) is 82.4 Å². The van der Waals surface area contributed by atoms with Gasteiger partial charge in [0.15, 0.2) is 0 Å². The number of ketones is 1. The lowest BCUT2D eigenvalue weighted by Crippen LogP contribution is -2.50. The predicted molar refractivity (Wildman–Crippen MR) is 147 cm³/mol. The molecule has 3 rings (SSSR count). The van der Waals surface area contributed by atoms with Crippen LogP contribution in [-0.2, 0) is 40.3 Å². The van der Waals surface area contributed by atoms with Crippen molar-refractivity contribution in [2.45, 2.75) is 91.7 Å². The summed E-state index contributed by atoms with van der Waals surface area (Å²) >= 11 is 0. The third-order valence-electron chi connectivity index (χ3n) is 8.05. The van der Waals surface area contributed by atoms with E-state index in [-0.39, 0.29) is 36.3 Å². The minimum absolute atomic E-state index is 0.000729. The summed E-state index contributed by atoms with van der Waals surface area (Å²) in [5, 5.41) is 0. The van der Waals surface area contributed by atoms with Gasteiger partial charge in [-0.3, -0.25) is 14.4 Å². The predicted octanol–water partition coefficient (Wildman–Crippen LogP) is 3.98. The fourth-order valence-electron chi connectivity index (χ4n) is 5.83. The van der Waals surface area contributed by atoms with E-state index in [4.69, 9.17) is 14.2 Å². The van der Waals surface area contributed by atoms with Crippen molar-refractivity contribution in [3.63, 3.8) is 0 Å². The van der Waals surface area contributed by atoms with Crippen molar-refractivity contribution in [1.29, 1.82) is 0 Å². The number of ether oxygens (including phenoxy) is 3. The fourth-order valence-corrected chi connectivity index (χ4v) is 7.86. The average Bonchev–Trinajstić information content (AvgIpc) is 3.15. The van der Waals surface area contributed by atoms with Gasteiger partial charge in [0.05, 0.1) is 19.0 Å². The van der Waals surface area contributed by atoms with Gasteiger partial charge in [0, 0.05) is 18.3 Å². The van der Waals surface area contributed by atoms with E-state index in [9.17, 15) is 22.8 Å². The molecule has 2 aliphatic carbocycles. The lowest BCUT2D eigenvalue weighted by atomic mass is 9.70. The highest BCUT2D eigenvalue weighted by Gasteiger charge is 2.65. The van der Waals surface area contributed by atoms with Gasteiger partial charge in [-0.2, -0.15) is 0 Å². The molecule has 1 unspecified atom stereocenters. The maximum atomic E-state index is 13.4. The van der Waals surface area contributed by atoms with Crippen molar-refractivity contribution in [1.82, 2.24) is 4.72 Å². The summed E-state index contributed by atoms with van der Waals surface area (Å²) in [4.78, 5) is 37.5. The largest absolute Gasteiger partial charge is 0.494 e. The highest BCUT2D eigenvalue weighted by Crippen LogP contribution is 2.64. The highest BCUT2D eigenvalue weighted by molar-refractivity contribution is 7.89. The van der Waals surface area contributed by atoms with Gasteiger partial charge in [-0.25, -0.2) is 13.1 Å². The number of fused-ring (bicyclic) bond motifs is 2. The SMILES string of the molecule is CCOC(=O)CCCOc1ccc(C[C@H](NS(=O)(=O)C[C@]23CCC(CC2=O)C3(C)C)C(=O)OC(C)(C)C)cc1. The lowest BCUT2D eigenvalue weighted by molar-refractivity contribution is -0.157. The lowest BCUT2D eigenvalue weighted by Gasteiger charge is -2.36. The van der Waals surface area contributed by atoms with Gasteiger partial charge in [-0.1, -0.05) is 26.0 Å². The number of carbonyl (C=O) groups excluding carboxylic acids is 3. The van der Waals surface area contributed by atoms with Crippen molar-refractivity contribution >= 4 is 27.7 Å². The number of Topliss-reactive ketones (excluding diaryl/α,β-unsaturated/α-hetero) is 1. The molecule has 10 heteroatoms. The van der Waals surface area contributed by atoms with Gasteiger partial charge < -0.3 is 14.2 Å². The number of sulfonamides is 1. The van der Waals surface area contributed by atoms with Crippen LogP contribution < -0.4 is 9.46 Å². The zero-order valence-corrected chi connectivity index (χ0v) is 24.8. The van der Waals surface area contributed by atoms with Gasteiger partial charge in [0.25, 0.3) is 0 Å². The second-order valence-electron chi connectivity index (χ2n) is 12.2. The number of carbonyl (C=O) groups is 3. The average molecular weight is 566 g/mol. The fraction of sp³-hybridized carbons (Fsp3) is 0.690. The molecule has 0 spiro atoms. The maximum Gasteiger partial charge on any atom is 0.325 e. The van der Waals surface area contributed by atoms with Gasteiger partial charge >= 0.3 is 11.9 Å².